The minimum atomic E-state index is -4.66. The summed E-state index contributed by atoms with van der Waals surface area (Å²) >= 11 is 0. The zero-order chi connectivity index (χ0) is 22.2. The molecule has 2 amide bonds. The van der Waals surface area contributed by atoms with Crippen molar-refractivity contribution in [2.45, 2.75) is 6.18 Å². The molecule has 4 rings (SSSR count). The van der Waals surface area contributed by atoms with Crippen molar-refractivity contribution in [3.8, 4) is 11.1 Å². The number of anilines is 3. The van der Waals surface area contributed by atoms with Crippen molar-refractivity contribution < 1.29 is 22.4 Å². The van der Waals surface area contributed by atoms with Gasteiger partial charge in [-0.3, -0.25) is 0 Å². The fourth-order valence-corrected chi connectivity index (χ4v) is 3.03. The molecule has 4 N–H and O–H groups in total. The number of rotatable bonds is 3. The Morgan fingerprint density at radius 1 is 1.03 bits per heavy atom. The van der Waals surface area contributed by atoms with Gasteiger partial charge in [-0.25, -0.2) is 18.7 Å². The number of carbonyl (C=O) groups excluding carboxylic acids is 1. The van der Waals surface area contributed by atoms with Gasteiger partial charge in [0.15, 0.2) is 5.82 Å². The van der Waals surface area contributed by atoms with E-state index >= 15 is 0 Å². The monoisotopic (exact) mass is 430 g/mol. The fourth-order valence-electron chi connectivity index (χ4n) is 3.03. The van der Waals surface area contributed by atoms with Crippen molar-refractivity contribution in [1.29, 1.82) is 0 Å². The number of hydrogen-bond acceptors (Lipinski definition) is 4. The number of fused-ring (bicyclic) bond motifs is 1. The number of nitrogens with zero attached hydrogens (tertiary/aromatic N) is 3. The van der Waals surface area contributed by atoms with Crippen LogP contribution < -0.4 is 16.4 Å². The maximum absolute atomic E-state index is 13.8. The molecular weight excluding hydrogens is 416 g/mol. The van der Waals surface area contributed by atoms with Gasteiger partial charge in [0.25, 0.3) is 0 Å². The largest absolute Gasteiger partial charge is 0.416 e. The van der Waals surface area contributed by atoms with Crippen molar-refractivity contribution >= 4 is 28.7 Å². The molecule has 2 heterocycles. The predicted molar refractivity (Wildman–Crippen MR) is 107 cm³/mol. The molecule has 7 nitrogen and oxygen atoms in total. The molecule has 11 heteroatoms. The Hall–Kier alpha value is -4.15. The first-order valence-electron chi connectivity index (χ1n) is 8.85. The van der Waals surface area contributed by atoms with Crippen LogP contribution in [0.2, 0.25) is 0 Å². The smallest absolute Gasteiger partial charge is 0.382 e. The second kappa shape index (κ2) is 7.59. The highest BCUT2D eigenvalue weighted by Gasteiger charge is 2.31. The number of urea groups is 1. The van der Waals surface area contributed by atoms with Crippen molar-refractivity contribution in [3.05, 3.63) is 72.4 Å². The van der Waals surface area contributed by atoms with Gasteiger partial charge in [0.05, 0.1) is 11.3 Å². The van der Waals surface area contributed by atoms with Crippen LogP contribution in [0.3, 0.4) is 0 Å². The lowest BCUT2D eigenvalue weighted by atomic mass is 10.1. The summed E-state index contributed by atoms with van der Waals surface area (Å²) in [5.74, 6) is -0.682. The molecule has 0 bridgehead atoms. The van der Waals surface area contributed by atoms with Crippen molar-refractivity contribution in [1.82, 2.24) is 14.6 Å². The highest BCUT2D eigenvalue weighted by atomic mass is 19.4. The van der Waals surface area contributed by atoms with E-state index in [0.29, 0.717) is 35.2 Å². The first-order valence-corrected chi connectivity index (χ1v) is 8.85. The molecule has 31 heavy (non-hydrogen) atoms. The molecule has 0 aliphatic heterocycles. The summed E-state index contributed by atoms with van der Waals surface area (Å²) in [4.78, 5) is 16.1. The summed E-state index contributed by atoms with van der Waals surface area (Å²) in [5.41, 5.74) is 6.79. The summed E-state index contributed by atoms with van der Waals surface area (Å²) in [5, 5.41) is 8.60. The van der Waals surface area contributed by atoms with Crippen molar-refractivity contribution in [3.63, 3.8) is 0 Å². The Morgan fingerprint density at radius 2 is 1.77 bits per heavy atom. The van der Waals surface area contributed by atoms with Crippen LogP contribution >= 0.6 is 0 Å². The van der Waals surface area contributed by atoms with Crippen LogP contribution in [0.1, 0.15) is 5.56 Å². The SMILES string of the molecule is Nc1ncnn2ccc(-c3ccc(NC(=O)Nc4cc(C(F)(F)F)ccc4F)cc3)c12. The zero-order valence-corrected chi connectivity index (χ0v) is 15.6. The molecule has 0 fully saturated rings. The van der Waals surface area contributed by atoms with Gasteiger partial charge in [-0.15, -0.1) is 0 Å². The topological polar surface area (TPSA) is 97.3 Å². The molecule has 0 radical (unpaired) electrons. The van der Waals surface area contributed by atoms with Gasteiger partial charge in [0, 0.05) is 17.4 Å². The third kappa shape index (κ3) is 4.10. The Bertz CT molecular complexity index is 1270. The minimum Gasteiger partial charge on any atom is -0.382 e. The number of alkyl halides is 3. The molecule has 2 aromatic carbocycles. The summed E-state index contributed by atoms with van der Waals surface area (Å²) in [6.45, 7) is 0. The van der Waals surface area contributed by atoms with Crippen LogP contribution in [0.4, 0.5) is 39.5 Å². The number of nitrogens with one attached hydrogen (secondary N) is 2. The van der Waals surface area contributed by atoms with Crippen LogP contribution in [0.15, 0.2) is 61.1 Å². The zero-order valence-electron chi connectivity index (χ0n) is 15.6. The van der Waals surface area contributed by atoms with Gasteiger partial charge in [-0.05, 0) is 42.0 Å². The Morgan fingerprint density at radius 3 is 2.48 bits per heavy atom. The molecular formula is C20H14F4N6O. The third-order valence-electron chi connectivity index (χ3n) is 4.48. The van der Waals surface area contributed by atoms with Crippen molar-refractivity contribution in [2.24, 2.45) is 0 Å². The molecule has 0 saturated heterocycles. The molecule has 0 saturated carbocycles. The van der Waals surface area contributed by atoms with Gasteiger partial charge < -0.3 is 16.4 Å². The van der Waals surface area contributed by atoms with Crippen LogP contribution in [-0.4, -0.2) is 20.6 Å². The summed E-state index contributed by atoms with van der Waals surface area (Å²) in [7, 11) is 0. The normalized spacial score (nSPS) is 11.5. The number of carbonyl (C=O) groups is 1. The Kier molecular flexibility index (Phi) is 4.93. The second-order valence-electron chi connectivity index (χ2n) is 6.52. The number of aromatic nitrogens is 3. The molecule has 0 spiro atoms. The number of nitrogen functional groups attached to an aromatic ring is 1. The van der Waals surface area contributed by atoms with Crippen LogP contribution in [-0.2, 0) is 6.18 Å². The highest BCUT2D eigenvalue weighted by molar-refractivity contribution is 6.00. The number of halogens is 4. The van der Waals surface area contributed by atoms with E-state index in [1.807, 2.05) is 6.07 Å². The molecule has 0 aliphatic carbocycles. The highest BCUT2D eigenvalue weighted by Crippen LogP contribution is 2.32. The lowest BCUT2D eigenvalue weighted by molar-refractivity contribution is -0.137. The van der Waals surface area contributed by atoms with Gasteiger partial charge in [-0.2, -0.15) is 18.3 Å². The number of nitrogens with two attached hydrogens (primary N) is 1. The van der Waals surface area contributed by atoms with Crippen molar-refractivity contribution in [2.75, 3.05) is 16.4 Å². The first-order chi connectivity index (χ1) is 14.7. The maximum atomic E-state index is 13.8. The standard InChI is InChI=1S/C20H14F4N6O/c21-15-6-3-12(20(22,23)24)9-16(15)29-19(31)28-13-4-1-11(2-5-13)14-7-8-30-17(14)18(25)26-10-27-30/h1-10H,(H2,25,26,27)(H2,28,29,31). The van der Waals surface area contributed by atoms with E-state index in [1.165, 1.54) is 6.33 Å². The third-order valence-corrected chi connectivity index (χ3v) is 4.48. The summed E-state index contributed by atoms with van der Waals surface area (Å²) < 4.78 is 53.8. The quantitative estimate of drug-likeness (QED) is 0.408. The fraction of sp³-hybridized carbons (Fsp3) is 0.0500. The maximum Gasteiger partial charge on any atom is 0.416 e. The van der Waals surface area contributed by atoms with E-state index in [4.69, 9.17) is 5.73 Å². The van der Waals surface area contributed by atoms with E-state index in [9.17, 15) is 22.4 Å². The van der Waals surface area contributed by atoms with E-state index in [1.54, 1.807) is 35.0 Å². The minimum absolute atomic E-state index is 0.305. The predicted octanol–water partition coefficient (Wildman–Crippen LogP) is 4.78. The number of hydrogen-bond donors (Lipinski definition) is 3. The van der Waals surface area contributed by atoms with E-state index in [2.05, 4.69) is 20.7 Å². The van der Waals surface area contributed by atoms with Crippen LogP contribution in [0.5, 0.6) is 0 Å². The number of benzene rings is 2. The van der Waals surface area contributed by atoms with E-state index in [0.717, 1.165) is 11.1 Å². The lowest BCUT2D eigenvalue weighted by Gasteiger charge is -2.12. The van der Waals surface area contributed by atoms with Gasteiger partial charge >= 0.3 is 12.2 Å². The van der Waals surface area contributed by atoms with E-state index in [-0.39, 0.29) is 0 Å². The molecule has 158 valence electrons. The van der Waals surface area contributed by atoms with Gasteiger partial charge in [0.2, 0.25) is 0 Å². The molecule has 0 aliphatic rings. The molecule has 0 atom stereocenters. The average molecular weight is 430 g/mol. The Balaban J connectivity index is 1.50. The van der Waals surface area contributed by atoms with Gasteiger partial charge in [-0.1, -0.05) is 12.1 Å². The molecule has 4 aromatic rings. The van der Waals surface area contributed by atoms with E-state index < -0.39 is 29.3 Å². The first kappa shape index (κ1) is 20.1. The van der Waals surface area contributed by atoms with Crippen LogP contribution in [0.25, 0.3) is 16.6 Å². The second-order valence-corrected chi connectivity index (χ2v) is 6.52. The average Bonchev–Trinajstić information content (AvgIpc) is 3.15. The van der Waals surface area contributed by atoms with Crippen LogP contribution in [0, 0.1) is 5.82 Å². The molecule has 2 aromatic heterocycles. The van der Waals surface area contributed by atoms with Gasteiger partial charge in [0.1, 0.15) is 17.7 Å². The summed E-state index contributed by atoms with van der Waals surface area (Å²) in [6, 6.07) is 9.28. The lowest BCUT2D eigenvalue weighted by Crippen LogP contribution is -2.20. The Labute approximate surface area is 172 Å². The summed E-state index contributed by atoms with van der Waals surface area (Å²) in [6.07, 6.45) is -1.59. The number of amides is 2. The molecule has 0 unspecified atom stereocenters.